The van der Waals surface area contributed by atoms with Crippen LogP contribution < -0.4 is 0 Å². The van der Waals surface area contributed by atoms with Crippen LogP contribution in [0.5, 0.6) is 0 Å². The summed E-state index contributed by atoms with van der Waals surface area (Å²) >= 11 is 0. The molecule has 0 radical (unpaired) electrons. The minimum atomic E-state index is 0.451. The van der Waals surface area contributed by atoms with E-state index >= 15 is 0 Å². The number of aromatic nitrogens is 4. The average Bonchev–Trinajstić information content (AvgIpc) is 3.09. The van der Waals surface area contributed by atoms with Crippen LogP contribution >= 0.6 is 0 Å². The molecule has 1 aliphatic heterocycles. The highest BCUT2D eigenvalue weighted by Gasteiger charge is 2.35. The van der Waals surface area contributed by atoms with Crippen LogP contribution in [0.25, 0.3) is 0 Å². The number of rotatable bonds is 4. The molecule has 1 saturated carbocycles. The largest absolute Gasteiger partial charge is 0.381 e. The Hall–Kier alpha value is -1.82. The highest BCUT2D eigenvalue weighted by atomic mass is 16.5. The zero-order chi connectivity index (χ0) is 15.5. The van der Waals surface area contributed by atoms with Crippen molar-refractivity contribution in [3.05, 3.63) is 36.0 Å². The lowest BCUT2D eigenvalue weighted by Gasteiger charge is -2.38. The normalized spacial score (nSPS) is 27.6. The van der Waals surface area contributed by atoms with E-state index in [-0.39, 0.29) is 0 Å². The summed E-state index contributed by atoms with van der Waals surface area (Å²) < 4.78 is 11.0. The second-order valence-corrected chi connectivity index (χ2v) is 6.69. The summed E-state index contributed by atoms with van der Waals surface area (Å²) in [6, 6.07) is 0. The predicted octanol–water partition coefficient (Wildman–Crippen LogP) is 2.57. The molecule has 122 valence electrons. The number of fused-ring (bicyclic) bond motifs is 1. The molecular formula is C17H22N4O2. The maximum atomic E-state index is 5.60. The van der Waals surface area contributed by atoms with Crippen molar-refractivity contribution in [1.29, 1.82) is 0 Å². The monoisotopic (exact) mass is 314 g/mol. The average molecular weight is 314 g/mol. The van der Waals surface area contributed by atoms with Crippen LogP contribution in [-0.4, -0.2) is 33.3 Å². The van der Waals surface area contributed by atoms with Crippen LogP contribution in [0.3, 0.4) is 0 Å². The fourth-order valence-corrected chi connectivity index (χ4v) is 3.85. The van der Waals surface area contributed by atoms with E-state index in [0.29, 0.717) is 5.92 Å². The molecule has 0 aromatic carbocycles. The van der Waals surface area contributed by atoms with E-state index in [1.807, 2.05) is 12.4 Å². The standard InChI is InChI=1S/C17H22N4O2/c1(12-8-18-11-19-9-12)4-16-20-17(21-23-16)14-2-3-15-10-22-6-5-13(15)7-14/h8-9,11,13-15H,1-7,10H2. The molecule has 2 fully saturated rings. The van der Waals surface area contributed by atoms with E-state index in [1.165, 1.54) is 19.3 Å². The number of ether oxygens (including phenoxy) is 1. The van der Waals surface area contributed by atoms with E-state index in [1.54, 1.807) is 6.33 Å². The van der Waals surface area contributed by atoms with Crippen molar-refractivity contribution >= 4 is 0 Å². The Morgan fingerprint density at radius 1 is 1.04 bits per heavy atom. The smallest absolute Gasteiger partial charge is 0.226 e. The first-order chi connectivity index (χ1) is 11.4. The summed E-state index contributed by atoms with van der Waals surface area (Å²) in [5.74, 6) is 3.58. The summed E-state index contributed by atoms with van der Waals surface area (Å²) in [4.78, 5) is 12.7. The number of nitrogens with zero attached hydrogens (tertiary/aromatic N) is 4. The fraction of sp³-hybridized carbons (Fsp3) is 0.647. The van der Waals surface area contributed by atoms with Gasteiger partial charge in [-0.05, 0) is 49.5 Å². The van der Waals surface area contributed by atoms with Crippen molar-refractivity contribution < 1.29 is 9.26 Å². The Bertz CT molecular complexity index is 631. The Labute approximate surface area is 135 Å². The second-order valence-electron chi connectivity index (χ2n) is 6.69. The summed E-state index contributed by atoms with van der Waals surface area (Å²) in [5, 5.41) is 4.24. The molecule has 6 nitrogen and oxygen atoms in total. The van der Waals surface area contributed by atoms with Crippen molar-refractivity contribution in [3.63, 3.8) is 0 Å². The van der Waals surface area contributed by atoms with Crippen LogP contribution in [0.2, 0.25) is 0 Å². The number of hydrogen-bond acceptors (Lipinski definition) is 6. The van der Waals surface area contributed by atoms with Gasteiger partial charge in [0.05, 0.1) is 0 Å². The molecule has 0 amide bonds. The van der Waals surface area contributed by atoms with Gasteiger partial charge in [0, 0.05) is 37.9 Å². The predicted molar refractivity (Wildman–Crippen MR) is 82.7 cm³/mol. The van der Waals surface area contributed by atoms with Gasteiger partial charge in [0.2, 0.25) is 5.89 Å². The second kappa shape index (κ2) is 6.74. The van der Waals surface area contributed by atoms with Gasteiger partial charge in [-0.1, -0.05) is 5.16 Å². The zero-order valence-electron chi connectivity index (χ0n) is 13.2. The van der Waals surface area contributed by atoms with E-state index in [4.69, 9.17) is 9.26 Å². The lowest BCUT2D eigenvalue weighted by atomic mass is 9.72. The highest BCUT2D eigenvalue weighted by Crippen LogP contribution is 2.41. The van der Waals surface area contributed by atoms with Crippen LogP contribution in [0.4, 0.5) is 0 Å². The quantitative estimate of drug-likeness (QED) is 0.863. The topological polar surface area (TPSA) is 73.9 Å². The van der Waals surface area contributed by atoms with Gasteiger partial charge in [-0.3, -0.25) is 0 Å². The van der Waals surface area contributed by atoms with E-state index in [9.17, 15) is 0 Å². The minimum Gasteiger partial charge on any atom is -0.381 e. The van der Waals surface area contributed by atoms with Gasteiger partial charge in [0.1, 0.15) is 6.33 Å². The molecule has 1 aliphatic carbocycles. The van der Waals surface area contributed by atoms with Crippen molar-refractivity contribution in [1.82, 2.24) is 20.1 Å². The SMILES string of the molecule is c1ncc(CCc2nc(C3CCC4COCCC4C3)no2)cn1. The molecule has 3 atom stereocenters. The maximum absolute atomic E-state index is 5.60. The molecule has 6 heteroatoms. The van der Waals surface area contributed by atoms with Gasteiger partial charge in [0.15, 0.2) is 5.82 Å². The lowest BCUT2D eigenvalue weighted by molar-refractivity contribution is -0.00633. The van der Waals surface area contributed by atoms with Crippen LogP contribution in [-0.2, 0) is 17.6 Å². The molecule has 0 bridgehead atoms. The highest BCUT2D eigenvalue weighted by molar-refractivity contribution is 5.05. The first kappa shape index (κ1) is 14.8. The maximum Gasteiger partial charge on any atom is 0.226 e. The molecule has 0 N–H and O–H groups in total. The Kier molecular flexibility index (Phi) is 4.33. The van der Waals surface area contributed by atoms with E-state index < -0.39 is 0 Å². The van der Waals surface area contributed by atoms with Crippen LogP contribution in [0, 0.1) is 11.8 Å². The van der Waals surface area contributed by atoms with Gasteiger partial charge < -0.3 is 9.26 Å². The summed E-state index contributed by atoms with van der Waals surface area (Å²) in [7, 11) is 0. The summed E-state index contributed by atoms with van der Waals surface area (Å²) in [6.07, 6.45) is 11.5. The molecule has 3 unspecified atom stereocenters. The number of aryl methyl sites for hydroxylation is 2. The zero-order valence-corrected chi connectivity index (χ0v) is 13.2. The third-order valence-electron chi connectivity index (χ3n) is 5.20. The molecule has 1 saturated heterocycles. The van der Waals surface area contributed by atoms with Crippen LogP contribution in [0.15, 0.2) is 23.2 Å². The third-order valence-corrected chi connectivity index (χ3v) is 5.20. The summed E-state index contributed by atoms with van der Waals surface area (Å²) in [5.41, 5.74) is 1.09. The molecule has 2 aromatic heterocycles. The van der Waals surface area contributed by atoms with E-state index in [2.05, 4.69) is 20.1 Å². The van der Waals surface area contributed by atoms with Gasteiger partial charge in [-0.2, -0.15) is 4.98 Å². The lowest BCUT2D eigenvalue weighted by Crippen LogP contribution is -2.32. The van der Waals surface area contributed by atoms with Crippen molar-refractivity contribution in [3.8, 4) is 0 Å². The van der Waals surface area contributed by atoms with Gasteiger partial charge >= 0.3 is 0 Å². The fourth-order valence-electron chi connectivity index (χ4n) is 3.85. The summed E-state index contributed by atoms with van der Waals surface area (Å²) in [6.45, 7) is 1.85. The van der Waals surface area contributed by atoms with Gasteiger partial charge in [-0.25, -0.2) is 9.97 Å². The molecule has 2 aromatic rings. The minimum absolute atomic E-state index is 0.451. The molecule has 2 aliphatic rings. The molecule has 3 heterocycles. The van der Waals surface area contributed by atoms with Crippen molar-refractivity contribution in [2.45, 2.75) is 44.4 Å². The van der Waals surface area contributed by atoms with Gasteiger partial charge in [0.25, 0.3) is 0 Å². The molecular weight excluding hydrogens is 292 g/mol. The third kappa shape index (κ3) is 3.42. The number of hydrogen-bond donors (Lipinski definition) is 0. The molecule has 4 rings (SSSR count). The Balaban J connectivity index is 1.36. The molecule has 23 heavy (non-hydrogen) atoms. The van der Waals surface area contributed by atoms with E-state index in [0.717, 1.165) is 61.6 Å². The Morgan fingerprint density at radius 3 is 2.87 bits per heavy atom. The van der Waals surface area contributed by atoms with Crippen molar-refractivity contribution in [2.75, 3.05) is 13.2 Å². The molecule has 0 spiro atoms. The Morgan fingerprint density at radius 2 is 1.96 bits per heavy atom. The first-order valence-electron chi connectivity index (χ1n) is 8.52. The van der Waals surface area contributed by atoms with Crippen LogP contribution in [0.1, 0.15) is 48.9 Å². The van der Waals surface area contributed by atoms with Crippen molar-refractivity contribution in [2.24, 2.45) is 11.8 Å². The van der Waals surface area contributed by atoms with Gasteiger partial charge in [-0.15, -0.1) is 0 Å². The first-order valence-corrected chi connectivity index (χ1v) is 8.52.